The maximum Gasteiger partial charge on any atom is 0.289 e. The predicted octanol–water partition coefficient (Wildman–Crippen LogP) is 3.11. The summed E-state index contributed by atoms with van der Waals surface area (Å²) in [6.45, 7) is 4.69. The first-order chi connectivity index (χ1) is 13.7. The van der Waals surface area contributed by atoms with Crippen molar-refractivity contribution in [3.63, 3.8) is 0 Å². The number of imidazole rings is 1. The molecule has 0 radical (unpaired) electrons. The van der Waals surface area contributed by atoms with Crippen LogP contribution in [0.1, 0.15) is 59.4 Å². The van der Waals surface area contributed by atoms with Gasteiger partial charge in [-0.05, 0) is 51.2 Å². The predicted molar refractivity (Wildman–Crippen MR) is 106 cm³/mol. The molecule has 2 aromatic rings. The minimum atomic E-state index is -0.293. The molecule has 0 saturated carbocycles. The monoisotopic (exact) mass is 382 g/mol. The van der Waals surface area contributed by atoms with E-state index in [-0.39, 0.29) is 11.8 Å². The van der Waals surface area contributed by atoms with Crippen LogP contribution < -0.4 is 10.1 Å². The van der Waals surface area contributed by atoms with Crippen LogP contribution in [0.3, 0.4) is 0 Å². The summed E-state index contributed by atoms with van der Waals surface area (Å²) in [5, 5.41) is 2.92. The lowest BCUT2D eigenvalue weighted by atomic mass is 10.1. The standard InChI is InChI=1S/C21H26N4O3/c1-2-28-17-11-4-3-9-15(17)22-20(26)18-16-10-5-6-14-25(16)19(23-18)21(27)24-12-7-8-13-24/h3-4,9,11H,2,5-8,10,12-14H2,1H3,(H,22,26). The van der Waals surface area contributed by atoms with Crippen molar-refractivity contribution >= 4 is 17.5 Å². The quantitative estimate of drug-likeness (QED) is 0.862. The molecule has 2 aliphatic rings. The van der Waals surface area contributed by atoms with E-state index in [1.54, 1.807) is 0 Å². The molecule has 0 aliphatic carbocycles. The molecule has 3 heterocycles. The van der Waals surface area contributed by atoms with Gasteiger partial charge in [0.1, 0.15) is 5.75 Å². The number of para-hydroxylation sites is 2. The molecule has 0 bridgehead atoms. The zero-order valence-corrected chi connectivity index (χ0v) is 16.2. The number of anilines is 1. The number of carbonyl (C=O) groups is 2. The number of hydrogen-bond acceptors (Lipinski definition) is 4. The summed E-state index contributed by atoms with van der Waals surface area (Å²) in [4.78, 5) is 32.3. The van der Waals surface area contributed by atoms with Crippen LogP contribution in [0.4, 0.5) is 5.69 Å². The van der Waals surface area contributed by atoms with Gasteiger partial charge in [-0.2, -0.15) is 0 Å². The van der Waals surface area contributed by atoms with E-state index in [2.05, 4.69) is 10.3 Å². The van der Waals surface area contributed by atoms with E-state index in [1.807, 2.05) is 40.7 Å². The van der Waals surface area contributed by atoms with Gasteiger partial charge in [0, 0.05) is 19.6 Å². The molecule has 2 aliphatic heterocycles. The minimum Gasteiger partial charge on any atom is -0.492 e. The fourth-order valence-corrected chi connectivity index (χ4v) is 3.98. The molecular formula is C21H26N4O3. The summed E-state index contributed by atoms with van der Waals surface area (Å²) in [6.07, 6.45) is 4.81. The third-order valence-corrected chi connectivity index (χ3v) is 5.35. The average molecular weight is 382 g/mol. The van der Waals surface area contributed by atoms with Gasteiger partial charge in [0.15, 0.2) is 11.5 Å². The van der Waals surface area contributed by atoms with E-state index >= 15 is 0 Å². The molecule has 0 atom stereocenters. The molecule has 7 heteroatoms. The summed E-state index contributed by atoms with van der Waals surface area (Å²) in [7, 11) is 0. The first-order valence-corrected chi connectivity index (χ1v) is 10.1. The van der Waals surface area contributed by atoms with Crippen LogP contribution in [0.15, 0.2) is 24.3 Å². The van der Waals surface area contributed by atoms with Crippen LogP contribution in [-0.2, 0) is 13.0 Å². The van der Waals surface area contributed by atoms with Gasteiger partial charge >= 0.3 is 0 Å². The highest BCUT2D eigenvalue weighted by Crippen LogP contribution is 2.27. The number of aromatic nitrogens is 2. The van der Waals surface area contributed by atoms with Crippen molar-refractivity contribution in [2.45, 2.75) is 45.6 Å². The van der Waals surface area contributed by atoms with Crippen LogP contribution in [0, 0.1) is 0 Å². The zero-order valence-electron chi connectivity index (χ0n) is 16.2. The highest BCUT2D eigenvalue weighted by atomic mass is 16.5. The van der Waals surface area contributed by atoms with E-state index in [0.717, 1.165) is 57.4 Å². The Morgan fingerprint density at radius 2 is 1.86 bits per heavy atom. The van der Waals surface area contributed by atoms with Crippen molar-refractivity contribution in [1.29, 1.82) is 0 Å². The van der Waals surface area contributed by atoms with E-state index in [9.17, 15) is 9.59 Å². The maximum atomic E-state index is 13.0. The summed E-state index contributed by atoms with van der Waals surface area (Å²) >= 11 is 0. The second kappa shape index (κ2) is 8.04. The molecule has 1 aromatic carbocycles. The third-order valence-electron chi connectivity index (χ3n) is 5.35. The molecular weight excluding hydrogens is 356 g/mol. The topological polar surface area (TPSA) is 76.5 Å². The number of fused-ring (bicyclic) bond motifs is 1. The largest absolute Gasteiger partial charge is 0.492 e. The van der Waals surface area contributed by atoms with Gasteiger partial charge in [-0.25, -0.2) is 4.98 Å². The van der Waals surface area contributed by atoms with E-state index in [1.165, 1.54) is 0 Å². The number of nitrogens with zero attached hydrogens (tertiary/aromatic N) is 3. The van der Waals surface area contributed by atoms with Gasteiger partial charge in [-0.3, -0.25) is 9.59 Å². The SMILES string of the molecule is CCOc1ccccc1NC(=O)c1nc(C(=O)N2CCCC2)n2c1CCCC2. The second-order valence-electron chi connectivity index (χ2n) is 7.22. The first-order valence-electron chi connectivity index (χ1n) is 10.1. The van der Waals surface area contributed by atoms with Gasteiger partial charge in [0.25, 0.3) is 11.8 Å². The molecule has 28 heavy (non-hydrogen) atoms. The molecule has 0 spiro atoms. The Morgan fingerprint density at radius 1 is 1.11 bits per heavy atom. The third kappa shape index (κ3) is 3.48. The summed E-state index contributed by atoms with van der Waals surface area (Å²) in [5.74, 6) is 0.673. The second-order valence-corrected chi connectivity index (χ2v) is 7.22. The molecule has 1 aromatic heterocycles. The van der Waals surface area contributed by atoms with Gasteiger partial charge in [-0.15, -0.1) is 0 Å². The van der Waals surface area contributed by atoms with Crippen molar-refractivity contribution in [3.8, 4) is 5.75 Å². The lowest BCUT2D eigenvalue weighted by Gasteiger charge is -2.19. The molecule has 1 saturated heterocycles. The highest BCUT2D eigenvalue weighted by Gasteiger charge is 2.31. The highest BCUT2D eigenvalue weighted by molar-refractivity contribution is 6.05. The number of amides is 2. The molecule has 2 amide bonds. The summed E-state index contributed by atoms with van der Waals surface area (Å²) < 4.78 is 7.55. The van der Waals surface area contributed by atoms with Crippen LogP contribution in [-0.4, -0.2) is 46.0 Å². The normalized spacial score (nSPS) is 16.0. The van der Waals surface area contributed by atoms with Crippen molar-refractivity contribution in [2.75, 3.05) is 25.0 Å². The Hall–Kier alpha value is -2.83. The fourth-order valence-electron chi connectivity index (χ4n) is 3.98. The zero-order chi connectivity index (χ0) is 19.5. The molecule has 1 fully saturated rings. The first kappa shape index (κ1) is 18.5. The molecule has 0 unspecified atom stereocenters. The number of nitrogens with one attached hydrogen (secondary N) is 1. The van der Waals surface area contributed by atoms with E-state index < -0.39 is 0 Å². The Kier molecular flexibility index (Phi) is 5.32. The van der Waals surface area contributed by atoms with Crippen molar-refractivity contribution in [3.05, 3.63) is 41.5 Å². The number of likely N-dealkylation sites (tertiary alicyclic amines) is 1. The lowest BCUT2D eigenvalue weighted by Crippen LogP contribution is -2.31. The average Bonchev–Trinajstić information content (AvgIpc) is 3.37. The number of hydrogen-bond donors (Lipinski definition) is 1. The number of benzene rings is 1. The number of ether oxygens (including phenoxy) is 1. The van der Waals surface area contributed by atoms with Crippen molar-refractivity contribution < 1.29 is 14.3 Å². The van der Waals surface area contributed by atoms with Gasteiger partial charge in [0.2, 0.25) is 0 Å². The molecule has 1 N–H and O–H groups in total. The molecule has 148 valence electrons. The Balaban J connectivity index is 1.64. The van der Waals surface area contributed by atoms with Gasteiger partial charge in [-0.1, -0.05) is 12.1 Å². The molecule has 7 nitrogen and oxygen atoms in total. The number of rotatable bonds is 5. The van der Waals surface area contributed by atoms with Gasteiger partial charge < -0.3 is 19.5 Å². The Morgan fingerprint density at radius 3 is 2.64 bits per heavy atom. The van der Waals surface area contributed by atoms with E-state index in [4.69, 9.17) is 4.74 Å². The van der Waals surface area contributed by atoms with Crippen LogP contribution in [0.2, 0.25) is 0 Å². The number of carbonyl (C=O) groups excluding carboxylic acids is 2. The van der Waals surface area contributed by atoms with Crippen LogP contribution >= 0.6 is 0 Å². The Labute approximate surface area is 164 Å². The molecule has 4 rings (SSSR count). The van der Waals surface area contributed by atoms with Gasteiger partial charge in [0.05, 0.1) is 18.0 Å². The lowest BCUT2D eigenvalue weighted by molar-refractivity contribution is 0.0774. The summed E-state index contributed by atoms with van der Waals surface area (Å²) in [6, 6.07) is 7.35. The van der Waals surface area contributed by atoms with Crippen molar-refractivity contribution in [1.82, 2.24) is 14.5 Å². The smallest absolute Gasteiger partial charge is 0.289 e. The summed E-state index contributed by atoms with van der Waals surface area (Å²) in [5.41, 5.74) is 1.83. The van der Waals surface area contributed by atoms with Crippen molar-refractivity contribution in [2.24, 2.45) is 0 Å². The minimum absolute atomic E-state index is 0.0607. The van der Waals surface area contributed by atoms with Crippen LogP contribution in [0.5, 0.6) is 5.75 Å². The Bertz CT molecular complexity index is 884. The fraction of sp³-hybridized carbons (Fsp3) is 0.476. The van der Waals surface area contributed by atoms with Crippen LogP contribution in [0.25, 0.3) is 0 Å². The maximum absolute atomic E-state index is 13.0. The van der Waals surface area contributed by atoms with E-state index in [0.29, 0.717) is 29.6 Å².